The summed E-state index contributed by atoms with van der Waals surface area (Å²) in [7, 11) is 0. The monoisotopic (exact) mass is 206 g/mol. The number of benzene rings is 1. The average molecular weight is 206 g/mol. The van der Waals surface area contributed by atoms with Crippen LogP contribution in [-0.4, -0.2) is 19.5 Å². The highest BCUT2D eigenvalue weighted by Gasteiger charge is 2.27. The summed E-state index contributed by atoms with van der Waals surface area (Å²) >= 11 is 0. The minimum atomic E-state index is -0.536. The second-order valence-corrected chi connectivity index (χ2v) is 4.17. The quantitative estimate of drug-likeness (QED) is 0.694. The van der Waals surface area contributed by atoms with E-state index < -0.39 is 5.41 Å². The third-order valence-electron chi connectivity index (χ3n) is 2.56. The fourth-order valence-electron chi connectivity index (χ4n) is 1.64. The summed E-state index contributed by atoms with van der Waals surface area (Å²) in [6, 6.07) is 5.65. The van der Waals surface area contributed by atoms with Gasteiger partial charge in [0.1, 0.15) is 19.5 Å². The molecule has 0 aromatic heterocycles. The molecule has 0 amide bonds. The molecule has 0 bridgehead atoms. The first-order chi connectivity index (χ1) is 7.15. The number of carbonyl (C=O) groups excluding carboxylic acids is 1. The first-order valence-electron chi connectivity index (χ1n) is 5.00. The Kier molecular flexibility index (Phi) is 2.39. The molecule has 0 fully saturated rings. The van der Waals surface area contributed by atoms with Gasteiger partial charge in [-0.25, -0.2) is 0 Å². The Labute approximate surface area is 89.0 Å². The Hall–Kier alpha value is -1.51. The average Bonchev–Trinajstić information content (AvgIpc) is 2.28. The molecule has 0 saturated carbocycles. The Morgan fingerprint density at radius 3 is 2.73 bits per heavy atom. The SMILES string of the molecule is CC(C)(C=O)c1cccc2c1OCCO2. The van der Waals surface area contributed by atoms with Gasteiger partial charge in [0.15, 0.2) is 11.5 Å². The molecule has 1 aliphatic heterocycles. The number of aldehydes is 1. The van der Waals surface area contributed by atoms with Gasteiger partial charge < -0.3 is 14.3 Å². The van der Waals surface area contributed by atoms with Crippen molar-refractivity contribution in [2.45, 2.75) is 19.3 Å². The van der Waals surface area contributed by atoms with Crippen molar-refractivity contribution in [1.29, 1.82) is 0 Å². The zero-order valence-corrected chi connectivity index (χ0v) is 8.95. The van der Waals surface area contributed by atoms with Crippen LogP contribution in [0.4, 0.5) is 0 Å². The Morgan fingerprint density at radius 1 is 1.27 bits per heavy atom. The first-order valence-corrected chi connectivity index (χ1v) is 5.00. The van der Waals surface area contributed by atoms with Gasteiger partial charge in [0.2, 0.25) is 0 Å². The minimum absolute atomic E-state index is 0.536. The van der Waals surface area contributed by atoms with Crippen molar-refractivity contribution in [3.05, 3.63) is 23.8 Å². The lowest BCUT2D eigenvalue weighted by molar-refractivity contribution is -0.111. The van der Waals surface area contributed by atoms with Crippen molar-refractivity contribution in [3.63, 3.8) is 0 Å². The third kappa shape index (κ3) is 1.69. The third-order valence-corrected chi connectivity index (χ3v) is 2.56. The highest BCUT2D eigenvalue weighted by molar-refractivity contribution is 5.70. The molecule has 0 unspecified atom stereocenters. The highest BCUT2D eigenvalue weighted by Crippen LogP contribution is 2.39. The van der Waals surface area contributed by atoms with Crippen LogP contribution in [0.5, 0.6) is 11.5 Å². The largest absolute Gasteiger partial charge is 0.486 e. The molecule has 1 aromatic rings. The second kappa shape index (κ2) is 3.57. The lowest BCUT2D eigenvalue weighted by Gasteiger charge is -2.26. The second-order valence-electron chi connectivity index (χ2n) is 4.17. The standard InChI is InChI=1S/C12H14O3/c1-12(2,8-13)9-4-3-5-10-11(9)15-7-6-14-10/h3-5,8H,6-7H2,1-2H3. The van der Waals surface area contributed by atoms with Crippen LogP contribution < -0.4 is 9.47 Å². The highest BCUT2D eigenvalue weighted by atomic mass is 16.6. The van der Waals surface area contributed by atoms with E-state index in [9.17, 15) is 4.79 Å². The van der Waals surface area contributed by atoms with Gasteiger partial charge in [0.25, 0.3) is 0 Å². The van der Waals surface area contributed by atoms with Gasteiger partial charge in [0.05, 0.1) is 0 Å². The summed E-state index contributed by atoms with van der Waals surface area (Å²) in [4.78, 5) is 11.0. The fourth-order valence-corrected chi connectivity index (χ4v) is 1.64. The zero-order valence-electron chi connectivity index (χ0n) is 8.95. The molecule has 1 aliphatic rings. The number of ether oxygens (including phenoxy) is 2. The van der Waals surface area contributed by atoms with Crippen LogP contribution in [0.1, 0.15) is 19.4 Å². The molecule has 0 radical (unpaired) electrons. The van der Waals surface area contributed by atoms with Gasteiger partial charge in [-0.2, -0.15) is 0 Å². The van der Waals surface area contributed by atoms with Crippen molar-refractivity contribution < 1.29 is 14.3 Å². The van der Waals surface area contributed by atoms with Crippen LogP contribution in [-0.2, 0) is 10.2 Å². The number of hydrogen-bond donors (Lipinski definition) is 0. The number of rotatable bonds is 2. The maximum Gasteiger partial charge on any atom is 0.165 e. The Balaban J connectivity index is 2.52. The minimum Gasteiger partial charge on any atom is -0.486 e. The van der Waals surface area contributed by atoms with E-state index in [-0.39, 0.29) is 0 Å². The summed E-state index contributed by atoms with van der Waals surface area (Å²) in [6.45, 7) is 4.85. The number of para-hydroxylation sites is 1. The van der Waals surface area contributed by atoms with Crippen molar-refractivity contribution in [1.82, 2.24) is 0 Å². The molecule has 1 aromatic carbocycles. The number of fused-ring (bicyclic) bond motifs is 1. The van der Waals surface area contributed by atoms with Crippen LogP contribution in [0, 0.1) is 0 Å². The van der Waals surface area contributed by atoms with Crippen LogP contribution in [0.25, 0.3) is 0 Å². The molecule has 0 spiro atoms. The van der Waals surface area contributed by atoms with Crippen LogP contribution >= 0.6 is 0 Å². The normalized spacial score (nSPS) is 14.8. The van der Waals surface area contributed by atoms with Crippen LogP contribution in [0.3, 0.4) is 0 Å². The molecule has 80 valence electrons. The van der Waals surface area contributed by atoms with E-state index in [1.807, 2.05) is 32.0 Å². The van der Waals surface area contributed by atoms with E-state index in [0.717, 1.165) is 17.6 Å². The lowest BCUT2D eigenvalue weighted by atomic mass is 9.85. The molecule has 3 heteroatoms. The van der Waals surface area contributed by atoms with Gasteiger partial charge >= 0.3 is 0 Å². The van der Waals surface area contributed by atoms with E-state index in [0.29, 0.717) is 19.0 Å². The smallest absolute Gasteiger partial charge is 0.165 e. The van der Waals surface area contributed by atoms with Gasteiger partial charge in [-0.15, -0.1) is 0 Å². The molecule has 1 heterocycles. The van der Waals surface area contributed by atoms with Crippen molar-refractivity contribution >= 4 is 6.29 Å². The molecule has 3 nitrogen and oxygen atoms in total. The molecule has 15 heavy (non-hydrogen) atoms. The number of hydrogen-bond acceptors (Lipinski definition) is 3. The molecule has 0 N–H and O–H groups in total. The first kappa shape index (κ1) is 10.0. The summed E-state index contributed by atoms with van der Waals surface area (Å²) in [5.74, 6) is 1.44. The molecule has 0 aliphatic carbocycles. The summed E-state index contributed by atoms with van der Waals surface area (Å²) in [5.41, 5.74) is 0.348. The Bertz CT molecular complexity index is 382. The predicted octanol–water partition coefficient (Wildman–Crippen LogP) is 1.93. The topological polar surface area (TPSA) is 35.5 Å². The van der Waals surface area contributed by atoms with Gasteiger partial charge in [-0.3, -0.25) is 0 Å². The van der Waals surface area contributed by atoms with Crippen LogP contribution in [0.15, 0.2) is 18.2 Å². The molecule has 0 atom stereocenters. The predicted molar refractivity (Wildman–Crippen MR) is 56.5 cm³/mol. The molecule has 2 rings (SSSR count). The molecular weight excluding hydrogens is 192 g/mol. The zero-order chi connectivity index (χ0) is 10.9. The molecule has 0 saturated heterocycles. The van der Waals surface area contributed by atoms with E-state index in [1.54, 1.807) is 0 Å². The van der Waals surface area contributed by atoms with Gasteiger partial charge in [0, 0.05) is 11.0 Å². The van der Waals surface area contributed by atoms with E-state index in [1.165, 1.54) is 0 Å². The van der Waals surface area contributed by atoms with Crippen molar-refractivity contribution in [2.24, 2.45) is 0 Å². The van der Waals surface area contributed by atoms with E-state index >= 15 is 0 Å². The van der Waals surface area contributed by atoms with Gasteiger partial charge in [-0.1, -0.05) is 12.1 Å². The number of carbonyl (C=O) groups is 1. The summed E-state index contributed by atoms with van der Waals surface area (Å²) in [6.07, 6.45) is 0.931. The van der Waals surface area contributed by atoms with Crippen molar-refractivity contribution in [2.75, 3.05) is 13.2 Å². The van der Waals surface area contributed by atoms with E-state index in [2.05, 4.69) is 0 Å². The molecular formula is C12H14O3. The summed E-state index contributed by atoms with van der Waals surface area (Å²) in [5, 5.41) is 0. The lowest BCUT2D eigenvalue weighted by Crippen LogP contribution is -2.23. The van der Waals surface area contributed by atoms with Crippen molar-refractivity contribution in [3.8, 4) is 11.5 Å². The van der Waals surface area contributed by atoms with Crippen LogP contribution in [0.2, 0.25) is 0 Å². The van der Waals surface area contributed by atoms with E-state index in [4.69, 9.17) is 9.47 Å². The summed E-state index contributed by atoms with van der Waals surface area (Å²) < 4.78 is 11.0. The maximum absolute atomic E-state index is 11.0. The van der Waals surface area contributed by atoms with Gasteiger partial charge in [-0.05, 0) is 19.9 Å². The Morgan fingerprint density at radius 2 is 2.00 bits per heavy atom. The fraction of sp³-hybridized carbons (Fsp3) is 0.417. The maximum atomic E-state index is 11.0.